The molecule has 0 bridgehead atoms. The summed E-state index contributed by atoms with van der Waals surface area (Å²) < 4.78 is 0. The minimum atomic E-state index is -1.75. The van der Waals surface area contributed by atoms with Gasteiger partial charge in [-0.3, -0.25) is 0 Å². The normalized spacial score (nSPS) is 5.14. The summed E-state index contributed by atoms with van der Waals surface area (Å²) in [5, 5.41) is 0. The molecule has 0 aromatic heterocycles. The number of hydrogen-bond donors (Lipinski definition) is 0. The third-order valence-electron chi connectivity index (χ3n) is 0. The average Bonchev–Trinajstić information content (AvgIpc) is 1.39. The van der Waals surface area contributed by atoms with Crippen LogP contribution in [0.15, 0.2) is 0 Å². The predicted octanol–water partition coefficient (Wildman–Crippen LogP) is -4.49. The second-order valence-electron chi connectivity index (χ2n) is 0.192. The Labute approximate surface area is 61.0 Å². The summed E-state index contributed by atoms with van der Waals surface area (Å²) in [4.78, 5) is 33.8. The molecular weight excluding hydrogens is 150 g/mol. The van der Waals surface area contributed by atoms with Gasteiger partial charge in [0.05, 0.1) is 0 Å². The van der Waals surface area contributed by atoms with Crippen molar-refractivity contribution in [3.8, 4) is 0 Å². The molecule has 0 rings (SSSR count). The van der Waals surface area contributed by atoms with Gasteiger partial charge in [-0.2, -0.15) is 0 Å². The van der Waals surface area contributed by atoms with Gasteiger partial charge in [-0.25, -0.2) is 0 Å². The van der Waals surface area contributed by atoms with Crippen LogP contribution in [-0.4, -0.2) is 23.1 Å². The van der Waals surface area contributed by atoms with Crippen molar-refractivity contribution in [1.82, 2.24) is 0 Å². The van der Waals surface area contributed by atoms with Gasteiger partial charge in [0, 0.05) is 0 Å². The smallest absolute Gasteiger partial charge is 0.687 e. The van der Waals surface area contributed by atoms with Crippen molar-refractivity contribution in [3.05, 3.63) is 0 Å². The van der Waals surface area contributed by atoms with Crippen LogP contribution in [0.1, 0.15) is 0 Å². The van der Waals surface area contributed by atoms with E-state index in [1.807, 2.05) is 0 Å². The molecule has 0 saturated carbocycles. The van der Waals surface area contributed by atoms with Gasteiger partial charge in [0.15, 0.2) is 0 Å². The van der Waals surface area contributed by atoms with E-state index in [1.165, 1.54) is 0 Å². The van der Waals surface area contributed by atoms with Crippen LogP contribution in [0, 0.1) is 0 Å². The zero-order valence-corrected chi connectivity index (χ0v) is 7.22. The minimum Gasteiger partial charge on any atom is -0.687 e. The second kappa shape index (κ2) is 26.0. The Kier molecular flexibility index (Phi) is 58.6. The van der Waals surface area contributed by atoms with Gasteiger partial charge in [0.2, 0.25) is 0 Å². The van der Waals surface area contributed by atoms with Gasteiger partial charge < -0.3 is 19.6 Å². The number of hydrogen-bond acceptors (Lipinski definition) is 4. The van der Waals surface area contributed by atoms with Crippen LogP contribution in [0.4, 0.5) is 0 Å². The summed E-state index contributed by atoms with van der Waals surface area (Å²) in [6.07, 6.45) is 0. The van der Waals surface area contributed by atoms with Crippen molar-refractivity contribution in [3.63, 3.8) is 0 Å². The molecule has 0 aliphatic carbocycles. The Balaban J connectivity index is -0.0000000400. The maximum atomic E-state index is 8.46. The maximum Gasteiger partial charge on any atom is 2.00 e. The molecule has 0 heterocycles. The first kappa shape index (κ1) is 15.8. The molecule has 0 saturated heterocycles. The summed E-state index contributed by atoms with van der Waals surface area (Å²) >= 11 is 0. The fraction of sp³-hybridized carbons (Fsp3) is 0. The Bertz CT molecular complexity index is 11.7. The first-order valence-electron chi connectivity index (χ1n) is 0.943. The first-order valence-corrected chi connectivity index (χ1v) is 2.83. The molecule has 0 atom stereocenters. The molecule has 4 nitrogen and oxygen atoms in total. The Morgan fingerprint density at radius 3 is 0.714 bits per heavy atom. The zero-order chi connectivity index (χ0) is 5.41. The van der Waals surface area contributed by atoms with Crippen LogP contribution in [0.3, 0.4) is 0 Å². The fourth-order valence-corrected chi connectivity index (χ4v) is 0. The van der Waals surface area contributed by atoms with Crippen LogP contribution < -0.4 is 19.6 Å². The van der Waals surface area contributed by atoms with Gasteiger partial charge >= 0.3 is 23.1 Å². The first-order chi connectivity index (χ1) is 2.83. The SMILES string of the molecule is [Mg+2].[O-][PH2+][O-].[O-][PH2+][O-]. The second-order valence-corrected chi connectivity index (χ2v) is 0.577. The van der Waals surface area contributed by atoms with E-state index >= 15 is 0 Å². The van der Waals surface area contributed by atoms with E-state index in [2.05, 4.69) is 0 Å². The summed E-state index contributed by atoms with van der Waals surface area (Å²) in [5.41, 5.74) is 0. The molecule has 7 heavy (non-hydrogen) atoms. The molecule has 0 radical (unpaired) electrons. The third kappa shape index (κ3) is 104. The van der Waals surface area contributed by atoms with Crippen molar-refractivity contribution in [1.29, 1.82) is 0 Å². The molecule has 0 aliphatic rings. The Hall–Kier alpha value is 1.47. The van der Waals surface area contributed by atoms with Gasteiger partial charge in [0.1, 0.15) is 0 Å². The van der Waals surface area contributed by atoms with E-state index in [1.54, 1.807) is 0 Å². The van der Waals surface area contributed by atoms with Gasteiger partial charge in [-0.1, -0.05) is 0 Å². The monoisotopic (exact) mass is 154 g/mol. The summed E-state index contributed by atoms with van der Waals surface area (Å²) in [6.45, 7) is 0. The molecule has 0 unspecified atom stereocenters. The average molecular weight is 154 g/mol. The van der Waals surface area contributed by atoms with E-state index in [4.69, 9.17) is 19.6 Å². The minimum absolute atomic E-state index is 0. The molecule has 0 aromatic carbocycles. The van der Waals surface area contributed by atoms with Crippen LogP contribution in [0.2, 0.25) is 0 Å². The topological polar surface area (TPSA) is 92.2 Å². The molecular formula is H4MgO4P2. The predicted molar refractivity (Wildman–Crippen MR) is 25.2 cm³/mol. The van der Waals surface area contributed by atoms with E-state index in [0.717, 1.165) is 0 Å². The van der Waals surface area contributed by atoms with Crippen LogP contribution in [0.25, 0.3) is 0 Å². The molecule has 0 aliphatic heterocycles. The fourth-order valence-electron chi connectivity index (χ4n) is 0. The van der Waals surface area contributed by atoms with Crippen molar-refractivity contribution in [2.24, 2.45) is 0 Å². The Morgan fingerprint density at radius 1 is 0.714 bits per heavy atom. The summed E-state index contributed by atoms with van der Waals surface area (Å²) in [6, 6.07) is 0. The van der Waals surface area contributed by atoms with Crippen LogP contribution in [-0.2, 0) is 0 Å². The van der Waals surface area contributed by atoms with Gasteiger partial charge in [-0.15, -0.1) is 18.1 Å². The van der Waals surface area contributed by atoms with Crippen molar-refractivity contribution in [2.75, 3.05) is 0 Å². The maximum absolute atomic E-state index is 8.46. The zero-order valence-electron chi connectivity index (χ0n) is 3.49. The van der Waals surface area contributed by atoms with Crippen molar-refractivity contribution < 1.29 is 19.6 Å². The standard InChI is InChI=1S/Mg.2H2O2P/c;2*1-3-2/h;2*3H2/q+2;2*-1. The molecule has 7 heteroatoms. The van der Waals surface area contributed by atoms with E-state index in [0.29, 0.717) is 0 Å². The summed E-state index contributed by atoms with van der Waals surface area (Å²) in [5.74, 6) is 0. The quantitative estimate of drug-likeness (QED) is 0.260. The largest absolute Gasteiger partial charge is 2.00 e. The molecule has 0 spiro atoms. The van der Waals surface area contributed by atoms with E-state index in [-0.39, 0.29) is 23.1 Å². The van der Waals surface area contributed by atoms with Crippen molar-refractivity contribution in [2.45, 2.75) is 0 Å². The molecule has 0 fully saturated rings. The molecule has 0 N–H and O–H groups in total. The van der Waals surface area contributed by atoms with E-state index in [9.17, 15) is 0 Å². The van der Waals surface area contributed by atoms with Crippen LogP contribution in [0.5, 0.6) is 0 Å². The van der Waals surface area contributed by atoms with Crippen molar-refractivity contribution >= 4 is 41.1 Å². The molecule has 40 valence electrons. The summed E-state index contributed by atoms with van der Waals surface area (Å²) in [7, 11) is -3.50. The van der Waals surface area contributed by atoms with E-state index < -0.39 is 18.1 Å². The van der Waals surface area contributed by atoms with Crippen LogP contribution >= 0.6 is 18.1 Å². The van der Waals surface area contributed by atoms with Gasteiger partial charge in [0.25, 0.3) is 0 Å². The molecule has 0 amide bonds. The number of rotatable bonds is 0. The third-order valence-corrected chi connectivity index (χ3v) is 0. The van der Waals surface area contributed by atoms with Gasteiger partial charge in [-0.05, 0) is 0 Å². The Morgan fingerprint density at radius 2 is 0.714 bits per heavy atom. The molecule has 0 aromatic rings.